The molecule has 2 N–H and O–H groups in total. The van der Waals surface area contributed by atoms with E-state index in [2.05, 4.69) is 22.6 Å². The first-order valence-corrected chi connectivity index (χ1v) is 6.81. The van der Waals surface area contributed by atoms with E-state index in [-0.39, 0.29) is 5.91 Å². The summed E-state index contributed by atoms with van der Waals surface area (Å²) in [7, 11) is 0. The Morgan fingerprint density at radius 3 is 2.79 bits per heavy atom. The molecule has 1 heterocycles. The Bertz CT molecular complexity index is 512. The zero-order chi connectivity index (χ0) is 13.3. The lowest BCUT2D eigenvalue weighted by atomic mass is 9.56. The van der Waals surface area contributed by atoms with Crippen LogP contribution in [0.1, 0.15) is 24.8 Å². The highest BCUT2D eigenvalue weighted by atomic mass is 16.4. The van der Waals surface area contributed by atoms with Gasteiger partial charge in [0.1, 0.15) is 0 Å². The molecule has 2 aliphatic rings. The standard InChI is InChI=1S/C15H18N2O2/c18-14-15(13(17-19)10-16-14)9-8-12(15)7-6-11-4-2-1-3-5-11/h1-5,12,19H,6-10H2,(H,16,18)/t12-,15?/m1/s1. The van der Waals surface area contributed by atoms with Crippen LogP contribution in [0.3, 0.4) is 0 Å². The van der Waals surface area contributed by atoms with Gasteiger partial charge in [0.25, 0.3) is 0 Å². The van der Waals surface area contributed by atoms with Gasteiger partial charge in [-0.25, -0.2) is 0 Å². The first kappa shape index (κ1) is 12.2. The SMILES string of the molecule is O=C1NCC(=NO)C12CC[C@H]2CCc1ccccc1. The maximum Gasteiger partial charge on any atom is 0.232 e. The number of rotatable bonds is 3. The summed E-state index contributed by atoms with van der Waals surface area (Å²) in [6.07, 6.45) is 3.80. The number of nitrogens with zero attached hydrogens (tertiary/aromatic N) is 1. The van der Waals surface area contributed by atoms with Gasteiger partial charge in [-0.2, -0.15) is 0 Å². The molecule has 4 heteroatoms. The van der Waals surface area contributed by atoms with Gasteiger partial charge in [0.2, 0.25) is 5.91 Å². The number of hydrogen-bond donors (Lipinski definition) is 2. The highest BCUT2D eigenvalue weighted by Gasteiger charge is 2.58. The minimum atomic E-state index is -0.510. The number of carbonyl (C=O) groups excluding carboxylic acids is 1. The number of carbonyl (C=O) groups is 1. The molecule has 1 saturated carbocycles. The number of aryl methyl sites for hydroxylation is 1. The predicted octanol–water partition coefficient (Wildman–Crippen LogP) is 1.98. The maximum atomic E-state index is 12.1. The normalized spacial score (nSPS) is 31.5. The predicted molar refractivity (Wildman–Crippen MR) is 72.2 cm³/mol. The summed E-state index contributed by atoms with van der Waals surface area (Å²) in [5.74, 6) is 0.353. The molecule has 2 fully saturated rings. The molecule has 0 aromatic heterocycles. The molecule has 1 aliphatic carbocycles. The van der Waals surface area contributed by atoms with Crippen molar-refractivity contribution in [3.8, 4) is 0 Å². The molecule has 1 aliphatic heterocycles. The first-order valence-electron chi connectivity index (χ1n) is 6.81. The molecule has 0 radical (unpaired) electrons. The van der Waals surface area contributed by atoms with E-state index in [0.717, 1.165) is 25.7 Å². The number of nitrogens with one attached hydrogen (secondary N) is 1. The zero-order valence-electron chi connectivity index (χ0n) is 10.8. The summed E-state index contributed by atoms with van der Waals surface area (Å²) < 4.78 is 0. The molecule has 2 atom stereocenters. The number of oxime groups is 1. The zero-order valence-corrected chi connectivity index (χ0v) is 10.8. The van der Waals surface area contributed by atoms with Gasteiger partial charge in [-0.3, -0.25) is 4.79 Å². The van der Waals surface area contributed by atoms with Crippen LogP contribution in [0, 0.1) is 11.3 Å². The molecular formula is C15H18N2O2. The number of amides is 1. The van der Waals surface area contributed by atoms with Gasteiger partial charge in [0.15, 0.2) is 0 Å². The highest BCUT2D eigenvalue weighted by Crippen LogP contribution is 2.52. The fourth-order valence-electron chi connectivity index (χ4n) is 3.43. The Balaban J connectivity index is 1.71. The molecule has 19 heavy (non-hydrogen) atoms. The van der Waals surface area contributed by atoms with Gasteiger partial charge in [0, 0.05) is 0 Å². The third kappa shape index (κ3) is 1.82. The van der Waals surface area contributed by atoms with Crippen LogP contribution in [0.25, 0.3) is 0 Å². The number of hydrogen-bond acceptors (Lipinski definition) is 3. The molecule has 1 spiro atoms. The van der Waals surface area contributed by atoms with Crippen molar-refractivity contribution in [1.82, 2.24) is 5.32 Å². The largest absolute Gasteiger partial charge is 0.411 e. The maximum absolute atomic E-state index is 12.1. The van der Waals surface area contributed by atoms with Crippen LogP contribution >= 0.6 is 0 Å². The molecule has 1 unspecified atom stereocenters. The van der Waals surface area contributed by atoms with Crippen LogP contribution < -0.4 is 5.32 Å². The smallest absolute Gasteiger partial charge is 0.232 e. The summed E-state index contributed by atoms with van der Waals surface area (Å²) >= 11 is 0. The summed E-state index contributed by atoms with van der Waals surface area (Å²) in [5, 5.41) is 15.2. The van der Waals surface area contributed by atoms with E-state index in [1.807, 2.05) is 18.2 Å². The van der Waals surface area contributed by atoms with E-state index in [9.17, 15) is 4.79 Å². The third-order valence-corrected chi connectivity index (χ3v) is 4.67. The molecule has 1 aromatic rings. The Morgan fingerprint density at radius 2 is 2.16 bits per heavy atom. The molecule has 4 nitrogen and oxygen atoms in total. The van der Waals surface area contributed by atoms with Crippen molar-refractivity contribution in [1.29, 1.82) is 0 Å². The van der Waals surface area contributed by atoms with Gasteiger partial charge in [-0.05, 0) is 37.2 Å². The minimum absolute atomic E-state index is 0.0459. The van der Waals surface area contributed by atoms with Crippen molar-refractivity contribution >= 4 is 11.6 Å². The summed E-state index contributed by atoms with van der Waals surface area (Å²) in [6.45, 7) is 0.400. The lowest BCUT2D eigenvalue weighted by Gasteiger charge is -2.44. The highest BCUT2D eigenvalue weighted by molar-refractivity contribution is 6.16. The van der Waals surface area contributed by atoms with Crippen LogP contribution in [0.4, 0.5) is 0 Å². The van der Waals surface area contributed by atoms with E-state index in [4.69, 9.17) is 5.21 Å². The summed E-state index contributed by atoms with van der Waals surface area (Å²) in [6, 6.07) is 10.3. The van der Waals surface area contributed by atoms with Crippen LogP contribution in [0.15, 0.2) is 35.5 Å². The molecule has 100 valence electrons. The quantitative estimate of drug-likeness (QED) is 0.643. The molecule has 3 rings (SSSR count). The van der Waals surface area contributed by atoms with E-state index in [1.54, 1.807) is 0 Å². The first-order chi connectivity index (χ1) is 9.27. The van der Waals surface area contributed by atoms with E-state index >= 15 is 0 Å². The fourth-order valence-corrected chi connectivity index (χ4v) is 3.43. The van der Waals surface area contributed by atoms with Crippen molar-refractivity contribution < 1.29 is 10.0 Å². The second kappa shape index (κ2) is 4.68. The van der Waals surface area contributed by atoms with E-state index in [0.29, 0.717) is 18.2 Å². The number of benzene rings is 1. The molecular weight excluding hydrogens is 240 g/mol. The van der Waals surface area contributed by atoms with Crippen molar-refractivity contribution in [2.45, 2.75) is 25.7 Å². The molecule has 0 bridgehead atoms. The van der Waals surface area contributed by atoms with Gasteiger partial charge in [-0.15, -0.1) is 0 Å². The van der Waals surface area contributed by atoms with Crippen LogP contribution in [-0.2, 0) is 11.2 Å². The average Bonchev–Trinajstić information content (AvgIpc) is 2.77. The topological polar surface area (TPSA) is 61.7 Å². The molecule has 1 aromatic carbocycles. The summed E-state index contributed by atoms with van der Waals surface area (Å²) in [5.41, 5.74) is 1.41. The summed E-state index contributed by atoms with van der Waals surface area (Å²) in [4.78, 5) is 12.1. The van der Waals surface area contributed by atoms with E-state index in [1.165, 1.54) is 5.56 Å². The van der Waals surface area contributed by atoms with Crippen molar-refractivity contribution in [3.63, 3.8) is 0 Å². The van der Waals surface area contributed by atoms with Gasteiger partial charge < -0.3 is 10.5 Å². The second-order valence-corrected chi connectivity index (χ2v) is 5.46. The van der Waals surface area contributed by atoms with Crippen LogP contribution in [0.2, 0.25) is 0 Å². The minimum Gasteiger partial charge on any atom is -0.411 e. The van der Waals surface area contributed by atoms with Crippen LogP contribution in [0.5, 0.6) is 0 Å². The van der Waals surface area contributed by atoms with Crippen molar-refractivity contribution in [2.24, 2.45) is 16.5 Å². The van der Waals surface area contributed by atoms with Gasteiger partial charge >= 0.3 is 0 Å². The van der Waals surface area contributed by atoms with Crippen molar-refractivity contribution in [2.75, 3.05) is 6.54 Å². The Morgan fingerprint density at radius 1 is 1.37 bits per heavy atom. The lowest BCUT2D eigenvalue weighted by Crippen LogP contribution is -2.50. The Kier molecular flexibility index (Phi) is 3.01. The van der Waals surface area contributed by atoms with Crippen molar-refractivity contribution in [3.05, 3.63) is 35.9 Å². The van der Waals surface area contributed by atoms with Crippen LogP contribution in [-0.4, -0.2) is 23.4 Å². The van der Waals surface area contributed by atoms with Gasteiger partial charge in [0.05, 0.1) is 17.7 Å². The van der Waals surface area contributed by atoms with Gasteiger partial charge in [-0.1, -0.05) is 35.5 Å². The average molecular weight is 258 g/mol. The molecule has 1 saturated heterocycles. The second-order valence-electron chi connectivity index (χ2n) is 5.46. The Hall–Kier alpha value is -1.84. The monoisotopic (exact) mass is 258 g/mol. The molecule has 1 amide bonds. The lowest BCUT2D eigenvalue weighted by molar-refractivity contribution is -0.132. The third-order valence-electron chi connectivity index (χ3n) is 4.67. The van der Waals surface area contributed by atoms with E-state index < -0.39 is 5.41 Å². The fraction of sp³-hybridized carbons (Fsp3) is 0.467. The Labute approximate surface area is 112 Å².